The summed E-state index contributed by atoms with van der Waals surface area (Å²) in [5.41, 5.74) is 0.752. The summed E-state index contributed by atoms with van der Waals surface area (Å²) >= 11 is 3.03. The fourth-order valence-corrected chi connectivity index (χ4v) is 3.77. The monoisotopic (exact) mass is 325 g/mol. The quantitative estimate of drug-likeness (QED) is 0.879. The van der Waals surface area contributed by atoms with Crippen LogP contribution in [0.15, 0.2) is 6.33 Å². The highest BCUT2D eigenvalue weighted by Crippen LogP contribution is 2.35. The molecule has 0 spiro atoms. The van der Waals surface area contributed by atoms with Gasteiger partial charge in [0.05, 0.1) is 5.39 Å². The Labute approximate surface area is 132 Å². The van der Waals surface area contributed by atoms with Gasteiger partial charge in [-0.25, -0.2) is 14.8 Å². The number of carbonyl (C=O) groups is 1. The number of anilines is 1. The second-order valence-corrected chi connectivity index (χ2v) is 6.96. The molecular formula is C14H19N3O2S2. The zero-order valence-electron chi connectivity index (χ0n) is 12.6. The Balaban J connectivity index is 2.46. The van der Waals surface area contributed by atoms with Gasteiger partial charge in [-0.1, -0.05) is 0 Å². The first kappa shape index (κ1) is 16.0. The van der Waals surface area contributed by atoms with Crippen molar-refractivity contribution in [2.45, 2.75) is 26.3 Å². The maximum atomic E-state index is 11.3. The average Bonchev–Trinajstić information content (AvgIpc) is 2.81. The van der Waals surface area contributed by atoms with Crippen LogP contribution in [0.4, 0.5) is 5.82 Å². The van der Waals surface area contributed by atoms with Crippen LogP contribution in [0.3, 0.4) is 0 Å². The van der Waals surface area contributed by atoms with Gasteiger partial charge in [-0.2, -0.15) is 11.8 Å². The first-order valence-corrected chi connectivity index (χ1v) is 8.87. The third kappa shape index (κ3) is 3.13. The van der Waals surface area contributed by atoms with Crippen LogP contribution < -0.4 is 4.90 Å². The molecule has 114 valence electrons. The van der Waals surface area contributed by atoms with Crippen LogP contribution >= 0.6 is 23.1 Å². The Hall–Kier alpha value is -1.34. The molecule has 5 nitrogen and oxygen atoms in total. The molecule has 2 heterocycles. The zero-order chi connectivity index (χ0) is 15.6. The summed E-state index contributed by atoms with van der Waals surface area (Å²) in [5.74, 6) is 0.998. The predicted octanol–water partition coefficient (Wildman–Crippen LogP) is 3.28. The molecular weight excluding hydrogens is 306 g/mol. The molecule has 1 atom stereocenters. The van der Waals surface area contributed by atoms with Gasteiger partial charge in [0.2, 0.25) is 0 Å². The van der Waals surface area contributed by atoms with Crippen molar-refractivity contribution in [3.8, 4) is 0 Å². The number of thioether (sulfide) groups is 1. The van der Waals surface area contributed by atoms with E-state index >= 15 is 0 Å². The molecule has 2 aromatic rings. The Kier molecular flexibility index (Phi) is 5.05. The summed E-state index contributed by atoms with van der Waals surface area (Å²) in [5, 5.41) is 10.1. The van der Waals surface area contributed by atoms with Crippen molar-refractivity contribution in [1.82, 2.24) is 9.97 Å². The molecule has 2 rings (SSSR count). The van der Waals surface area contributed by atoms with Crippen molar-refractivity contribution in [3.63, 3.8) is 0 Å². The minimum atomic E-state index is -0.903. The molecule has 0 aliphatic carbocycles. The molecule has 0 aromatic carbocycles. The minimum absolute atomic E-state index is 0.336. The second-order valence-electron chi connectivity index (χ2n) is 4.98. The number of fused-ring (bicyclic) bond motifs is 1. The molecule has 0 radical (unpaired) electrons. The third-order valence-electron chi connectivity index (χ3n) is 3.64. The highest BCUT2D eigenvalue weighted by Gasteiger charge is 2.21. The molecule has 0 fully saturated rings. The van der Waals surface area contributed by atoms with Crippen LogP contribution in [0.25, 0.3) is 10.2 Å². The SMILES string of the molecule is CSCCC(C)N(C)c1ncnc2sc(C(=O)O)c(C)c12. The van der Waals surface area contributed by atoms with Crippen molar-refractivity contribution in [2.75, 3.05) is 24.0 Å². The van der Waals surface area contributed by atoms with E-state index in [4.69, 9.17) is 0 Å². The van der Waals surface area contributed by atoms with Gasteiger partial charge in [-0.3, -0.25) is 0 Å². The Bertz CT molecular complexity index is 657. The first-order chi connectivity index (χ1) is 9.97. The maximum absolute atomic E-state index is 11.3. The fraction of sp³-hybridized carbons (Fsp3) is 0.500. The molecule has 0 aliphatic heterocycles. The molecule has 0 amide bonds. The van der Waals surface area contributed by atoms with Gasteiger partial charge in [0.1, 0.15) is 21.9 Å². The number of rotatable bonds is 6. The van der Waals surface area contributed by atoms with Crippen molar-refractivity contribution < 1.29 is 9.90 Å². The highest BCUT2D eigenvalue weighted by atomic mass is 32.2. The lowest BCUT2D eigenvalue weighted by Gasteiger charge is -2.26. The largest absolute Gasteiger partial charge is 0.477 e. The third-order valence-corrected chi connectivity index (χ3v) is 5.47. The van der Waals surface area contributed by atoms with E-state index in [9.17, 15) is 9.90 Å². The number of aromatic nitrogens is 2. The Morgan fingerprint density at radius 3 is 2.86 bits per heavy atom. The number of hydrogen-bond donors (Lipinski definition) is 1. The first-order valence-electron chi connectivity index (χ1n) is 6.66. The van der Waals surface area contributed by atoms with Crippen LogP contribution in [0, 0.1) is 6.92 Å². The lowest BCUT2D eigenvalue weighted by Crippen LogP contribution is -2.30. The molecule has 0 aliphatic rings. The number of nitrogens with zero attached hydrogens (tertiary/aromatic N) is 3. The van der Waals surface area contributed by atoms with Gasteiger partial charge in [0, 0.05) is 13.1 Å². The molecule has 7 heteroatoms. The lowest BCUT2D eigenvalue weighted by atomic mass is 10.1. The van der Waals surface area contributed by atoms with E-state index in [0.29, 0.717) is 10.9 Å². The minimum Gasteiger partial charge on any atom is -0.477 e. The summed E-state index contributed by atoms with van der Waals surface area (Å²) in [6.45, 7) is 3.99. The molecule has 2 aromatic heterocycles. The van der Waals surface area contributed by atoms with Crippen LogP contribution in [0.1, 0.15) is 28.6 Å². The van der Waals surface area contributed by atoms with Gasteiger partial charge >= 0.3 is 5.97 Å². The smallest absolute Gasteiger partial charge is 0.346 e. The van der Waals surface area contributed by atoms with Crippen molar-refractivity contribution in [3.05, 3.63) is 16.8 Å². The predicted molar refractivity (Wildman–Crippen MR) is 90.0 cm³/mol. The van der Waals surface area contributed by atoms with E-state index in [-0.39, 0.29) is 0 Å². The summed E-state index contributed by atoms with van der Waals surface area (Å²) in [6.07, 6.45) is 4.66. The number of hydrogen-bond acceptors (Lipinski definition) is 6. The Morgan fingerprint density at radius 1 is 1.52 bits per heavy atom. The van der Waals surface area contributed by atoms with E-state index in [2.05, 4.69) is 28.0 Å². The second kappa shape index (κ2) is 6.62. The topological polar surface area (TPSA) is 66.3 Å². The van der Waals surface area contributed by atoms with Gasteiger partial charge in [-0.05, 0) is 37.8 Å². The van der Waals surface area contributed by atoms with Gasteiger partial charge in [0.25, 0.3) is 0 Å². The van der Waals surface area contributed by atoms with Crippen molar-refractivity contribution in [1.29, 1.82) is 0 Å². The van der Waals surface area contributed by atoms with E-state index < -0.39 is 5.97 Å². The van der Waals surface area contributed by atoms with Crippen LogP contribution in [-0.4, -0.2) is 46.1 Å². The van der Waals surface area contributed by atoms with Crippen molar-refractivity contribution >= 4 is 45.1 Å². The molecule has 1 unspecified atom stereocenters. The van der Waals surface area contributed by atoms with Crippen LogP contribution in [-0.2, 0) is 0 Å². The number of thiophene rings is 1. The Morgan fingerprint density at radius 2 is 2.24 bits per heavy atom. The number of carboxylic acids is 1. The summed E-state index contributed by atoms with van der Waals surface area (Å²) in [4.78, 5) is 23.1. The zero-order valence-corrected chi connectivity index (χ0v) is 14.2. The molecule has 1 N–H and O–H groups in total. The summed E-state index contributed by atoms with van der Waals surface area (Å²) < 4.78 is 0. The van der Waals surface area contributed by atoms with E-state index in [1.807, 2.05) is 25.7 Å². The molecule has 21 heavy (non-hydrogen) atoms. The van der Waals surface area contributed by atoms with Gasteiger partial charge < -0.3 is 10.0 Å². The number of aromatic carboxylic acids is 1. The van der Waals surface area contributed by atoms with Crippen LogP contribution in [0.2, 0.25) is 0 Å². The molecule has 0 saturated heterocycles. The van der Waals surface area contributed by atoms with Crippen LogP contribution in [0.5, 0.6) is 0 Å². The van der Waals surface area contributed by atoms with Crippen molar-refractivity contribution in [2.24, 2.45) is 0 Å². The highest BCUT2D eigenvalue weighted by molar-refractivity contribution is 7.98. The lowest BCUT2D eigenvalue weighted by molar-refractivity contribution is 0.0701. The summed E-state index contributed by atoms with van der Waals surface area (Å²) in [6, 6.07) is 0.336. The van der Waals surface area contributed by atoms with E-state index in [0.717, 1.165) is 33.8 Å². The summed E-state index contributed by atoms with van der Waals surface area (Å²) in [7, 11) is 2.00. The molecule has 0 bridgehead atoms. The fourth-order valence-electron chi connectivity index (χ4n) is 2.22. The normalized spacial score (nSPS) is 12.6. The van der Waals surface area contributed by atoms with E-state index in [1.54, 1.807) is 0 Å². The van der Waals surface area contributed by atoms with Gasteiger partial charge in [-0.15, -0.1) is 11.3 Å². The standard InChI is InChI=1S/C14H19N3O2S2/c1-8(5-6-20-4)17(3)12-10-9(2)11(14(18)19)21-13(10)16-7-15-12/h7-8H,5-6H2,1-4H3,(H,18,19). The maximum Gasteiger partial charge on any atom is 0.346 e. The average molecular weight is 325 g/mol. The number of aryl methyl sites for hydroxylation is 1. The molecule has 0 saturated carbocycles. The van der Waals surface area contributed by atoms with E-state index in [1.165, 1.54) is 17.7 Å². The van der Waals surface area contributed by atoms with Gasteiger partial charge in [0.15, 0.2) is 0 Å². The number of carboxylic acid groups (broad SMARTS) is 1.